The molecule has 2 heterocycles. The lowest BCUT2D eigenvalue weighted by molar-refractivity contribution is -0.119. The third-order valence-electron chi connectivity index (χ3n) is 4.77. The molecule has 6 heteroatoms. The minimum atomic E-state index is -0.326. The zero-order chi connectivity index (χ0) is 20.8. The summed E-state index contributed by atoms with van der Waals surface area (Å²) in [5, 5.41) is 16.9. The number of aromatic nitrogens is 1. The summed E-state index contributed by atoms with van der Waals surface area (Å²) in [6, 6.07) is 7.30. The zero-order valence-corrected chi connectivity index (χ0v) is 16.7. The van der Waals surface area contributed by atoms with Crippen LogP contribution in [-0.2, 0) is 9.59 Å². The number of nitriles is 1. The fraction of sp³-hybridized carbons (Fsp3) is 0.304. The molecule has 1 aromatic carbocycles. The number of pyridine rings is 1. The molecule has 1 aliphatic heterocycles. The summed E-state index contributed by atoms with van der Waals surface area (Å²) in [5.41, 5.74) is 3.11. The van der Waals surface area contributed by atoms with Gasteiger partial charge in [-0.05, 0) is 36.1 Å². The zero-order valence-electron chi connectivity index (χ0n) is 16.7. The van der Waals surface area contributed by atoms with Crippen molar-refractivity contribution in [1.82, 2.24) is 10.3 Å². The second kappa shape index (κ2) is 9.16. The lowest BCUT2D eigenvalue weighted by Gasteiger charge is -2.22. The van der Waals surface area contributed by atoms with Crippen molar-refractivity contribution in [3.8, 4) is 6.07 Å². The van der Waals surface area contributed by atoms with Gasteiger partial charge in [0.15, 0.2) is 5.78 Å². The molecule has 2 aliphatic rings. The van der Waals surface area contributed by atoms with Crippen LogP contribution >= 0.6 is 0 Å². The Labute approximate surface area is 170 Å². The first-order chi connectivity index (χ1) is 14.1. The third-order valence-corrected chi connectivity index (χ3v) is 4.77. The molecule has 1 amide bonds. The summed E-state index contributed by atoms with van der Waals surface area (Å²) in [4.78, 5) is 26.7. The van der Waals surface area contributed by atoms with Crippen molar-refractivity contribution >= 4 is 34.4 Å². The van der Waals surface area contributed by atoms with Crippen LogP contribution < -0.4 is 10.6 Å². The monoisotopic (exact) mass is 388 g/mol. The summed E-state index contributed by atoms with van der Waals surface area (Å²) in [6.07, 6.45) is 10.9. The Hall–Kier alpha value is -3.46. The van der Waals surface area contributed by atoms with Crippen LogP contribution in [0.1, 0.15) is 50.7 Å². The van der Waals surface area contributed by atoms with E-state index in [1.54, 1.807) is 24.5 Å². The van der Waals surface area contributed by atoms with Crippen LogP contribution in [-0.4, -0.2) is 23.2 Å². The summed E-state index contributed by atoms with van der Waals surface area (Å²) in [5.74, 6) is 0.553. The van der Waals surface area contributed by atoms with Crippen LogP contribution in [0.25, 0.3) is 16.3 Å². The van der Waals surface area contributed by atoms with E-state index >= 15 is 0 Å². The van der Waals surface area contributed by atoms with Gasteiger partial charge < -0.3 is 10.6 Å². The van der Waals surface area contributed by atoms with E-state index in [1.165, 1.54) is 19.3 Å². The number of benzene rings is 1. The Bertz CT molecular complexity index is 1040. The second-order valence-corrected chi connectivity index (χ2v) is 7.12. The fourth-order valence-electron chi connectivity index (χ4n) is 3.02. The minimum Gasteiger partial charge on any atom is -0.378 e. The van der Waals surface area contributed by atoms with Crippen LogP contribution in [0.4, 0.5) is 5.82 Å². The average molecular weight is 388 g/mol. The molecule has 148 valence electrons. The van der Waals surface area contributed by atoms with Crippen LogP contribution in [0.2, 0.25) is 0 Å². The Kier molecular flexibility index (Phi) is 6.40. The van der Waals surface area contributed by atoms with Gasteiger partial charge in [-0.2, -0.15) is 5.26 Å². The molecular weight excluding hydrogens is 364 g/mol. The quantitative estimate of drug-likeness (QED) is 0.753. The van der Waals surface area contributed by atoms with Crippen molar-refractivity contribution in [1.29, 1.82) is 5.26 Å². The van der Waals surface area contributed by atoms with Gasteiger partial charge in [-0.15, -0.1) is 0 Å². The molecule has 1 unspecified atom stereocenters. The molecule has 1 saturated carbocycles. The van der Waals surface area contributed by atoms with Gasteiger partial charge in [0.25, 0.3) is 0 Å². The summed E-state index contributed by atoms with van der Waals surface area (Å²) in [6.45, 7) is 3.77. The molecule has 0 saturated heterocycles. The highest BCUT2D eigenvalue weighted by Crippen LogP contribution is 2.31. The second-order valence-electron chi connectivity index (χ2n) is 7.12. The van der Waals surface area contributed by atoms with Gasteiger partial charge in [-0.3, -0.25) is 9.59 Å². The van der Waals surface area contributed by atoms with E-state index in [9.17, 15) is 14.9 Å². The van der Waals surface area contributed by atoms with E-state index in [0.29, 0.717) is 24.2 Å². The molecular formula is C23H24N4O2. The Morgan fingerprint density at radius 1 is 1.31 bits per heavy atom. The Balaban J connectivity index is 0.000000732. The molecule has 1 aromatic heterocycles. The number of carbonyl (C=O) groups is 2. The van der Waals surface area contributed by atoms with Gasteiger partial charge in [0.1, 0.15) is 11.9 Å². The fourth-order valence-corrected chi connectivity index (χ4v) is 3.02. The molecule has 0 spiro atoms. The molecule has 4 rings (SSSR count). The number of amides is 1. The number of hydrogen-bond acceptors (Lipinski definition) is 5. The standard InChI is InChI=1S/C20H18N4O2.C3H6/c1-3-19(26)18-4-12(2)17(10-22-18)16-6-15-9-23-20(24-11-25)7-13(15)5-14(16)8-21;1-2-3-1/h4-7,9-11,18,22H,3H2,1-2H3,(H,23,24,25);1-3H2. The lowest BCUT2D eigenvalue weighted by Crippen LogP contribution is -2.33. The molecule has 6 nitrogen and oxygen atoms in total. The molecule has 29 heavy (non-hydrogen) atoms. The average Bonchev–Trinajstić information content (AvgIpc) is 3.62. The number of anilines is 1. The molecule has 0 bridgehead atoms. The number of hydrogen-bond donors (Lipinski definition) is 2. The number of rotatable bonds is 5. The van der Waals surface area contributed by atoms with Crippen molar-refractivity contribution < 1.29 is 9.59 Å². The van der Waals surface area contributed by atoms with E-state index in [0.717, 1.165) is 27.5 Å². The minimum absolute atomic E-state index is 0.123. The highest BCUT2D eigenvalue weighted by Gasteiger charge is 2.20. The van der Waals surface area contributed by atoms with Crippen molar-refractivity contribution in [2.45, 2.75) is 45.6 Å². The largest absolute Gasteiger partial charge is 0.378 e. The van der Waals surface area contributed by atoms with Gasteiger partial charge in [0.2, 0.25) is 6.41 Å². The van der Waals surface area contributed by atoms with E-state index < -0.39 is 0 Å². The number of fused-ring (bicyclic) bond motifs is 1. The van der Waals surface area contributed by atoms with Gasteiger partial charge in [-0.1, -0.05) is 32.3 Å². The molecule has 2 N–H and O–H groups in total. The third kappa shape index (κ3) is 4.88. The number of nitrogens with one attached hydrogen (secondary N) is 2. The first-order valence-electron chi connectivity index (χ1n) is 9.79. The van der Waals surface area contributed by atoms with Crippen molar-refractivity contribution in [3.05, 3.63) is 53.4 Å². The Morgan fingerprint density at radius 3 is 2.66 bits per heavy atom. The van der Waals surface area contributed by atoms with Gasteiger partial charge in [0.05, 0.1) is 11.6 Å². The highest BCUT2D eigenvalue weighted by molar-refractivity contribution is 5.95. The normalized spacial score (nSPS) is 16.9. The van der Waals surface area contributed by atoms with Gasteiger partial charge in [0, 0.05) is 35.3 Å². The van der Waals surface area contributed by atoms with E-state index in [-0.39, 0.29) is 11.8 Å². The smallest absolute Gasteiger partial charge is 0.212 e. The lowest BCUT2D eigenvalue weighted by atomic mass is 9.90. The number of ketones is 1. The van der Waals surface area contributed by atoms with Crippen LogP contribution in [0.15, 0.2) is 42.2 Å². The first-order valence-corrected chi connectivity index (χ1v) is 9.79. The summed E-state index contributed by atoms with van der Waals surface area (Å²) >= 11 is 0. The maximum Gasteiger partial charge on any atom is 0.212 e. The van der Waals surface area contributed by atoms with Crippen LogP contribution in [0.5, 0.6) is 0 Å². The Morgan fingerprint density at radius 2 is 2.07 bits per heavy atom. The number of nitrogens with zero attached hydrogens (tertiary/aromatic N) is 2. The number of Topliss-reactive ketones (excluding diaryl/α,β-unsaturated/α-hetero) is 1. The van der Waals surface area contributed by atoms with Crippen LogP contribution in [0, 0.1) is 11.3 Å². The van der Waals surface area contributed by atoms with Crippen molar-refractivity contribution in [2.75, 3.05) is 5.32 Å². The topological polar surface area (TPSA) is 94.9 Å². The van der Waals surface area contributed by atoms with Gasteiger partial charge in [-0.25, -0.2) is 4.98 Å². The molecule has 1 atom stereocenters. The number of carbonyl (C=O) groups excluding carboxylic acids is 2. The predicted molar refractivity (Wildman–Crippen MR) is 114 cm³/mol. The molecule has 1 fully saturated rings. The van der Waals surface area contributed by atoms with Crippen molar-refractivity contribution in [2.24, 2.45) is 0 Å². The van der Waals surface area contributed by atoms with Crippen LogP contribution in [0.3, 0.4) is 0 Å². The summed E-state index contributed by atoms with van der Waals surface area (Å²) in [7, 11) is 0. The SMILES string of the molecule is C1CC1.CCC(=O)C1C=C(C)C(c2cc3cnc(NC=O)cc3cc2C#N)=CN1. The maximum atomic E-state index is 11.9. The van der Waals surface area contributed by atoms with E-state index in [4.69, 9.17) is 0 Å². The molecule has 2 aromatic rings. The maximum absolute atomic E-state index is 11.9. The first kappa shape index (κ1) is 20.3. The van der Waals surface area contributed by atoms with E-state index in [1.807, 2.05) is 26.0 Å². The molecule has 1 aliphatic carbocycles. The molecule has 0 radical (unpaired) electrons. The van der Waals surface area contributed by atoms with Gasteiger partial charge >= 0.3 is 0 Å². The predicted octanol–water partition coefficient (Wildman–Crippen LogP) is 4.08. The van der Waals surface area contributed by atoms with Crippen molar-refractivity contribution in [3.63, 3.8) is 0 Å². The number of allylic oxidation sites excluding steroid dienone is 2. The van der Waals surface area contributed by atoms with E-state index in [2.05, 4.69) is 21.7 Å². The summed E-state index contributed by atoms with van der Waals surface area (Å²) < 4.78 is 0. The highest BCUT2D eigenvalue weighted by atomic mass is 16.1. The number of dihydropyridines is 1.